The molecular formula is C11H16N6. The Morgan fingerprint density at radius 1 is 1.47 bits per heavy atom. The highest BCUT2D eigenvalue weighted by Gasteiger charge is 2.05. The maximum absolute atomic E-state index is 5.47. The smallest absolute Gasteiger partial charge is 0.143 e. The van der Waals surface area contributed by atoms with Crippen LogP contribution in [-0.2, 0) is 0 Å². The third kappa shape index (κ3) is 2.86. The third-order valence-corrected chi connectivity index (χ3v) is 2.58. The van der Waals surface area contributed by atoms with Crippen molar-refractivity contribution in [3.63, 3.8) is 0 Å². The van der Waals surface area contributed by atoms with Crippen LogP contribution in [0.4, 0.5) is 0 Å². The fourth-order valence-corrected chi connectivity index (χ4v) is 1.63. The van der Waals surface area contributed by atoms with Gasteiger partial charge in [0.1, 0.15) is 6.33 Å². The van der Waals surface area contributed by atoms with Crippen LogP contribution in [0.5, 0.6) is 0 Å². The number of tetrazole rings is 1. The molecule has 1 heterocycles. The van der Waals surface area contributed by atoms with Gasteiger partial charge in [-0.3, -0.25) is 0 Å². The van der Waals surface area contributed by atoms with Crippen molar-refractivity contribution in [1.29, 1.82) is 0 Å². The zero-order valence-electron chi connectivity index (χ0n) is 9.74. The van der Waals surface area contributed by atoms with Crippen molar-refractivity contribution in [1.82, 2.24) is 25.5 Å². The van der Waals surface area contributed by atoms with Crippen molar-refractivity contribution in [2.24, 2.45) is 5.73 Å². The minimum Gasteiger partial charge on any atom is -0.329 e. The number of benzene rings is 1. The number of hydrogen-bond acceptors (Lipinski definition) is 5. The van der Waals surface area contributed by atoms with Crippen LogP contribution in [-0.4, -0.2) is 33.3 Å². The largest absolute Gasteiger partial charge is 0.329 e. The molecule has 1 aromatic carbocycles. The molecule has 17 heavy (non-hydrogen) atoms. The number of hydrogen-bond donors (Lipinski definition) is 2. The SMILES string of the molecule is CC(NCCN)c1cccc(-n2cnnn2)c1. The molecule has 0 amide bonds. The molecule has 2 aromatic rings. The predicted molar refractivity (Wildman–Crippen MR) is 64.6 cm³/mol. The molecule has 6 nitrogen and oxygen atoms in total. The lowest BCUT2D eigenvalue weighted by Gasteiger charge is -2.14. The number of nitrogens with one attached hydrogen (secondary N) is 1. The normalized spacial score (nSPS) is 12.6. The number of nitrogens with two attached hydrogens (primary N) is 1. The lowest BCUT2D eigenvalue weighted by atomic mass is 10.1. The third-order valence-electron chi connectivity index (χ3n) is 2.58. The molecular weight excluding hydrogens is 216 g/mol. The summed E-state index contributed by atoms with van der Waals surface area (Å²) in [5.41, 5.74) is 7.61. The second-order valence-corrected chi connectivity index (χ2v) is 3.81. The van der Waals surface area contributed by atoms with Gasteiger partial charge in [-0.05, 0) is 35.0 Å². The Hall–Kier alpha value is -1.79. The zero-order chi connectivity index (χ0) is 12.1. The van der Waals surface area contributed by atoms with E-state index >= 15 is 0 Å². The minimum atomic E-state index is 0.259. The number of rotatable bonds is 5. The van der Waals surface area contributed by atoms with Gasteiger partial charge in [-0.25, -0.2) is 4.68 Å². The quantitative estimate of drug-likeness (QED) is 0.773. The first kappa shape index (κ1) is 11.7. The average molecular weight is 232 g/mol. The van der Waals surface area contributed by atoms with Gasteiger partial charge in [0, 0.05) is 19.1 Å². The van der Waals surface area contributed by atoms with Gasteiger partial charge in [0.15, 0.2) is 0 Å². The van der Waals surface area contributed by atoms with E-state index < -0.39 is 0 Å². The highest BCUT2D eigenvalue weighted by atomic mass is 15.5. The lowest BCUT2D eigenvalue weighted by molar-refractivity contribution is 0.581. The van der Waals surface area contributed by atoms with E-state index in [0.29, 0.717) is 6.54 Å². The fourth-order valence-electron chi connectivity index (χ4n) is 1.63. The van der Waals surface area contributed by atoms with E-state index in [4.69, 9.17) is 5.73 Å². The lowest BCUT2D eigenvalue weighted by Crippen LogP contribution is -2.25. The van der Waals surface area contributed by atoms with Crippen LogP contribution < -0.4 is 11.1 Å². The Balaban J connectivity index is 2.17. The van der Waals surface area contributed by atoms with Crippen LogP contribution in [0.1, 0.15) is 18.5 Å². The Morgan fingerprint density at radius 2 is 2.35 bits per heavy atom. The van der Waals surface area contributed by atoms with Crippen molar-refractivity contribution in [2.45, 2.75) is 13.0 Å². The Morgan fingerprint density at radius 3 is 3.06 bits per heavy atom. The molecule has 6 heteroatoms. The van der Waals surface area contributed by atoms with Gasteiger partial charge >= 0.3 is 0 Å². The molecule has 0 saturated carbocycles. The van der Waals surface area contributed by atoms with Crippen molar-refractivity contribution in [3.05, 3.63) is 36.2 Å². The van der Waals surface area contributed by atoms with E-state index in [0.717, 1.165) is 12.2 Å². The summed E-state index contributed by atoms with van der Waals surface area (Å²) in [5, 5.41) is 14.4. The summed E-state index contributed by atoms with van der Waals surface area (Å²) in [5.74, 6) is 0. The molecule has 0 bridgehead atoms. The molecule has 90 valence electrons. The average Bonchev–Trinajstić information content (AvgIpc) is 2.90. The molecule has 0 fully saturated rings. The van der Waals surface area contributed by atoms with E-state index in [1.54, 1.807) is 11.0 Å². The Bertz CT molecular complexity index is 453. The maximum atomic E-state index is 5.47. The molecule has 3 N–H and O–H groups in total. The van der Waals surface area contributed by atoms with Gasteiger partial charge in [0.2, 0.25) is 0 Å². The molecule has 2 rings (SSSR count). The molecule has 0 aliphatic heterocycles. The van der Waals surface area contributed by atoms with Gasteiger partial charge in [-0.2, -0.15) is 0 Å². The van der Waals surface area contributed by atoms with E-state index in [1.807, 2.05) is 12.1 Å². The van der Waals surface area contributed by atoms with Crippen molar-refractivity contribution in [2.75, 3.05) is 13.1 Å². The van der Waals surface area contributed by atoms with Crippen LogP contribution in [0.3, 0.4) is 0 Å². The van der Waals surface area contributed by atoms with Crippen molar-refractivity contribution in [3.8, 4) is 5.69 Å². The van der Waals surface area contributed by atoms with Gasteiger partial charge < -0.3 is 11.1 Å². The maximum Gasteiger partial charge on any atom is 0.143 e. The molecule has 0 radical (unpaired) electrons. The summed E-state index contributed by atoms with van der Waals surface area (Å²) >= 11 is 0. The number of aromatic nitrogens is 4. The molecule has 0 aliphatic carbocycles. The highest BCUT2D eigenvalue weighted by molar-refractivity contribution is 5.35. The summed E-state index contributed by atoms with van der Waals surface area (Å²) in [6.45, 7) is 3.54. The van der Waals surface area contributed by atoms with Gasteiger partial charge in [-0.1, -0.05) is 12.1 Å². The minimum absolute atomic E-state index is 0.259. The van der Waals surface area contributed by atoms with E-state index in [2.05, 4.69) is 39.9 Å². The molecule has 0 saturated heterocycles. The molecule has 0 spiro atoms. The van der Waals surface area contributed by atoms with E-state index in [1.165, 1.54) is 5.56 Å². The number of nitrogens with zero attached hydrogens (tertiary/aromatic N) is 4. The molecule has 1 unspecified atom stereocenters. The van der Waals surface area contributed by atoms with Crippen LogP contribution >= 0.6 is 0 Å². The zero-order valence-corrected chi connectivity index (χ0v) is 9.74. The second kappa shape index (κ2) is 5.51. The molecule has 1 atom stereocenters. The topological polar surface area (TPSA) is 81.6 Å². The first-order chi connectivity index (χ1) is 8.31. The first-order valence-electron chi connectivity index (χ1n) is 5.58. The van der Waals surface area contributed by atoms with Gasteiger partial charge in [0.05, 0.1) is 5.69 Å². The predicted octanol–water partition coefficient (Wildman–Crippen LogP) is 0.272. The second-order valence-electron chi connectivity index (χ2n) is 3.81. The van der Waals surface area contributed by atoms with Crippen LogP contribution in [0, 0.1) is 0 Å². The molecule has 0 aliphatic rings. The standard InChI is InChI=1S/C11H16N6/c1-9(13-6-5-12)10-3-2-4-11(7-10)17-8-14-15-16-17/h2-4,7-9,13H,5-6,12H2,1H3. The monoisotopic (exact) mass is 232 g/mol. The Labute approximate surface area is 99.8 Å². The fraction of sp³-hybridized carbons (Fsp3) is 0.364. The van der Waals surface area contributed by atoms with Crippen molar-refractivity contribution >= 4 is 0 Å². The van der Waals surface area contributed by atoms with Crippen LogP contribution in [0.25, 0.3) is 5.69 Å². The van der Waals surface area contributed by atoms with Crippen molar-refractivity contribution < 1.29 is 0 Å². The van der Waals surface area contributed by atoms with Gasteiger partial charge in [0.25, 0.3) is 0 Å². The van der Waals surface area contributed by atoms with Gasteiger partial charge in [-0.15, -0.1) is 5.10 Å². The van der Waals surface area contributed by atoms with Crippen LogP contribution in [0.15, 0.2) is 30.6 Å². The highest BCUT2D eigenvalue weighted by Crippen LogP contribution is 2.15. The van der Waals surface area contributed by atoms with Crippen LogP contribution in [0.2, 0.25) is 0 Å². The summed E-state index contributed by atoms with van der Waals surface area (Å²) in [6, 6.07) is 8.35. The summed E-state index contributed by atoms with van der Waals surface area (Å²) < 4.78 is 1.64. The Kier molecular flexibility index (Phi) is 3.79. The summed E-state index contributed by atoms with van der Waals surface area (Å²) in [6.07, 6.45) is 1.58. The molecule has 1 aromatic heterocycles. The van der Waals surface area contributed by atoms with E-state index in [-0.39, 0.29) is 6.04 Å². The first-order valence-corrected chi connectivity index (χ1v) is 5.58. The summed E-state index contributed by atoms with van der Waals surface area (Å²) in [7, 11) is 0. The van der Waals surface area contributed by atoms with E-state index in [9.17, 15) is 0 Å². The summed E-state index contributed by atoms with van der Waals surface area (Å²) in [4.78, 5) is 0.